The highest BCUT2D eigenvalue weighted by Crippen LogP contribution is 2.65. The topological polar surface area (TPSA) is 16.4 Å². The quantitative estimate of drug-likeness (QED) is 0.178. The second kappa shape index (κ2) is 11.9. The fraction of sp³-hybridized carbons (Fsp3) is 0.0714. The predicted molar refractivity (Wildman–Crippen MR) is 245 cm³/mol. The molecule has 2 nitrogen and oxygen atoms in total. The van der Waals surface area contributed by atoms with Crippen LogP contribution >= 0.6 is 11.8 Å². The average molecular weight is 772 g/mol. The normalized spacial score (nSPS) is 14.8. The molecule has 2 aliphatic carbocycles. The van der Waals surface area contributed by atoms with E-state index in [4.69, 9.17) is 4.42 Å². The maximum Gasteiger partial charge on any atom is 0.160 e. The Morgan fingerprint density at radius 2 is 1.05 bits per heavy atom. The number of anilines is 3. The first-order valence-electron chi connectivity index (χ1n) is 20.5. The third kappa shape index (κ3) is 4.33. The van der Waals surface area contributed by atoms with E-state index in [-0.39, 0.29) is 5.41 Å². The number of benzene rings is 9. The molecule has 0 N–H and O–H groups in total. The summed E-state index contributed by atoms with van der Waals surface area (Å²) in [7, 11) is 0. The summed E-state index contributed by atoms with van der Waals surface area (Å²) >= 11 is 1.88. The Morgan fingerprint density at radius 3 is 1.85 bits per heavy atom. The van der Waals surface area contributed by atoms with E-state index in [0.717, 1.165) is 39.0 Å². The molecular weight excluding hydrogens is 735 g/mol. The molecule has 0 bridgehead atoms. The van der Waals surface area contributed by atoms with Crippen molar-refractivity contribution in [1.29, 1.82) is 0 Å². The second-order valence-corrected chi connectivity index (χ2v) is 17.9. The highest BCUT2D eigenvalue weighted by molar-refractivity contribution is 7.99. The Morgan fingerprint density at radius 1 is 0.458 bits per heavy atom. The number of furan rings is 1. The van der Waals surface area contributed by atoms with Gasteiger partial charge < -0.3 is 9.32 Å². The van der Waals surface area contributed by atoms with Crippen LogP contribution in [-0.2, 0) is 10.8 Å². The molecule has 59 heavy (non-hydrogen) atoms. The van der Waals surface area contributed by atoms with E-state index in [1.54, 1.807) is 0 Å². The van der Waals surface area contributed by atoms with Crippen LogP contribution in [0.25, 0.3) is 55.0 Å². The average Bonchev–Trinajstić information content (AvgIpc) is 3.88. The maximum atomic E-state index is 7.19. The summed E-state index contributed by atoms with van der Waals surface area (Å²) in [5.74, 6) is 0. The monoisotopic (exact) mass is 771 g/mol. The van der Waals surface area contributed by atoms with Crippen LogP contribution in [0, 0.1) is 0 Å². The number of hydrogen-bond donors (Lipinski definition) is 0. The third-order valence-electron chi connectivity index (χ3n) is 13.5. The highest BCUT2D eigenvalue weighted by atomic mass is 32.2. The lowest BCUT2D eigenvalue weighted by Gasteiger charge is -2.40. The molecule has 9 aromatic carbocycles. The Hall–Kier alpha value is -6.81. The van der Waals surface area contributed by atoms with Gasteiger partial charge in [0.2, 0.25) is 0 Å². The maximum absolute atomic E-state index is 7.19. The molecule has 2 heterocycles. The fourth-order valence-electron chi connectivity index (χ4n) is 10.9. The number of nitrogens with zero attached hydrogens (tertiary/aromatic N) is 1. The Bertz CT molecular complexity index is 3380. The summed E-state index contributed by atoms with van der Waals surface area (Å²) in [6.45, 7) is 4.73. The molecule has 0 amide bonds. The van der Waals surface area contributed by atoms with Gasteiger partial charge in [-0.05, 0) is 115 Å². The minimum Gasteiger partial charge on any atom is -0.454 e. The van der Waals surface area contributed by atoms with Crippen LogP contribution in [0.15, 0.2) is 202 Å². The molecule has 3 heteroatoms. The Balaban J connectivity index is 1.19. The molecule has 0 atom stereocenters. The molecule has 0 unspecified atom stereocenters. The summed E-state index contributed by atoms with van der Waals surface area (Å²) in [6, 6.07) is 69.9. The van der Waals surface area contributed by atoms with Gasteiger partial charge in [-0.1, -0.05) is 165 Å². The van der Waals surface area contributed by atoms with Crippen molar-refractivity contribution in [2.24, 2.45) is 0 Å². The van der Waals surface area contributed by atoms with Crippen molar-refractivity contribution in [2.45, 2.75) is 34.5 Å². The minimum absolute atomic E-state index is 0.164. The van der Waals surface area contributed by atoms with Gasteiger partial charge >= 0.3 is 0 Å². The first kappa shape index (κ1) is 33.2. The largest absolute Gasteiger partial charge is 0.454 e. The molecule has 1 spiro atoms. The van der Waals surface area contributed by atoms with Gasteiger partial charge in [0.15, 0.2) is 5.58 Å². The van der Waals surface area contributed by atoms with E-state index < -0.39 is 5.41 Å². The van der Waals surface area contributed by atoms with Gasteiger partial charge in [-0.15, -0.1) is 0 Å². The van der Waals surface area contributed by atoms with Gasteiger partial charge in [-0.3, -0.25) is 0 Å². The lowest BCUT2D eigenvalue weighted by atomic mass is 9.67. The Kier molecular flexibility index (Phi) is 6.68. The van der Waals surface area contributed by atoms with E-state index >= 15 is 0 Å². The van der Waals surface area contributed by atoms with Crippen LogP contribution in [0.3, 0.4) is 0 Å². The van der Waals surface area contributed by atoms with E-state index in [9.17, 15) is 0 Å². The lowest BCUT2D eigenvalue weighted by Crippen LogP contribution is -2.32. The molecule has 3 aliphatic rings. The first-order valence-corrected chi connectivity index (χ1v) is 21.3. The standard InChI is InChI=1S/C56H37NOS/c1-55(2)42-20-8-5-17-38(42)39-30-29-37(32-46(39)55)57(36-28-27-34-15-3-4-16-35(34)31-36)48-33-47-52(53-41-19-7-12-24-49(41)58-54(48)53)40-18-6-9-21-43(40)56(47)44-22-10-13-25-50(44)59-51-26-14-11-23-45(51)56/h3-33H,1-2H3. The highest BCUT2D eigenvalue weighted by Gasteiger charge is 2.51. The smallest absolute Gasteiger partial charge is 0.160 e. The zero-order valence-corrected chi connectivity index (χ0v) is 33.5. The van der Waals surface area contributed by atoms with Gasteiger partial charge in [-0.25, -0.2) is 0 Å². The van der Waals surface area contributed by atoms with Crippen LogP contribution in [0.1, 0.15) is 47.2 Å². The molecular formula is C56H37NOS. The van der Waals surface area contributed by atoms with Gasteiger partial charge in [0.25, 0.3) is 0 Å². The van der Waals surface area contributed by atoms with Crippen LogP contribution in [0.4, 0.5) is 17.1 Å². The van der Waals surface area contributed by atoms with E-state index in [1.165, 1.54) is 76.2 Å². The summed E-state index contributed by atoms with van der Waals surface area (Å²) in [6.07, 6.45) is 0. The zero-order chi connectivity index (χ0) is 39.0. The minimum atomic E-state index is -0.553. The number of rotatable bonds is 3. The molecule has 0 radical (unpaired) electrons. The molecule has 0 saturated heterocycles. The van der Waals surface area contributed by atoms with Crippen molar-refractivity contribution in [3.8, 4) is 22.3 Å². The van der Waals surface area contributed by atoms with Crippen LogP contribution in [-0.4, -0.2) is 0 Å². The van der Waals surface area contributed by atoms with Crippen LogP contribution in [0.5, 0.6) is 0 Å². The first-order chi connectivity index (χ1) is 29.0. The van der Waals surface area contributed by atoms with Crippen molar-refractivity contribution >= 4 is 61.5 Å². The van der Waals surface area contributed by atoms with Crippen molar-refractivity contribution in [3.05, 3.63) is 221 Å². The summed E-state index contributed by atoms with van der Waals surface area (Å²) in [4.78, 5) is 5.06. The van der Waals surface area contributed by atoms with Gasteiger partial charge in [0.1, 0.15) is 5.58 Å². The van der Waals surface area contributed by atoms with E-state index in [0.29, 0.717) is 0 Å². The third-order valence-corrected chi connectivity index (χ3v) is 14.6. The second-order valence-electron chi connectivity index (χ2n) is 16.8. The lowest BCUT2D eigenvalue weighted by molar-refractivity contribution is 0.660. The van der Waals surface area contributed by atoms with Gasteiger partial charge in [0.05, 0.1) is 11.1 Å². The molecule has 13 rings (SSSR count). The SMILES string of the molecule is CC1(C)c2ccccc2-c2ccc(N(c3ccc4ccccc4c3)c3cc4c(c5c3oc3ccccc35)-c3ccccc3C43c4ccccc4Sc4ccccc43)cc21. The van der Waals surface area contributed by atoms with Crippen molar-refractivity contribution in [3.63, 3.8) is 0 Å². The van der Waals surface area contributed by atoms with Crippen molar-refractivity contribution in [2.75, 3.05) is 4.90 Å². The van der Waals surface area contributed by atoms with Gasteiger partial charge in [-0.2, -0.15) is 0 Å². The zero-order valence-electron chi connectivity index (χ0n) is 32.7. The number of para-hydroxylation sites is 1. The predicted octanol–water partition coefficient (Wildman–Crippen LogP) is 15.3. The molecule has 0 saturated carbocycles. The molecule has 0 fully saturated rings. The number of fused-ring (bicyclic) bond motifs is 17. The van der Waals surface area contributed by atoms with Crippen LogP contribution in [0.2, 0.25) is 0 Å². The van der Waals surface area contributed by atoms with E-state index in [2.05, 4.69) is 207 Å². The van der Waals surface area contributed by atoms with Crippen molar-refractivity contribution < 1.29 is 4.42 Å². The Labute approximate surface area is 347 Å². The molecule has 1 aliphatic heterocycles. The molecule has 1 aromatic heterocycles. The molecule has 278 valence electrons. The summed E-state index contributed by atoms with van der Waals surface area (Å²) in [5, 5.41) is 4.70. The summed E-state index contributed by atoms with van der Waals surface area (Å²) in [5.41, 5.74) is 17.4. The summed E-state index contributed by atoms with van der Waals surface area (Å²) < 4.78 is 7.19. The van der Waals surface area contributed by atoms with Gasteiger partial charge in [0, 0.05) is 37.4 Å². The van der Waals surface area contributed by atoms with Crippen LogP contribution < -0.4 is 4.90 Å². The molecule has 10 aromatic rings. The fourth-order valence-corrected chi connectivity index (χ4v) is 12.1. The number of hydrogen-bond acceptors (Lipinski definition) is 3. The van der Waals surface area contributed by atoms with Crippen molar-refractivity contribution in [1.82, 2.24) is 0 Å². The van der Waals surface area contributed by atoms with E-state index in [1.807, 2.05) is 11.8 Å².